The van der Waals surface area contributed by atoms with Crippen molar-refractivity contribution >= 4 is 5.91 Å². The molecule has 3 N–H and O–H groups in total. The molecule has 1 atom stereocenters. The first-order valence-electron chi connectivity index (χ1n) is 7.02. The van der Waals surface area contributed by atoms with Gasteiger partial charge in [-0.15, -0.1) is 0 Å². The first-order valence-corrected chi connectivity index (χ1v) is 7.02. The topological polar surface area (TPSA) is 67.6 Å². The second-order valence-electron chi connectivity index (χ2n) is 4.76. The van der Waals surface area contributed by atoms with E-state index >= 15 is 0 Å². The van der Waals surface area contributed by atoms with Gasteiger partial charge in [-0.25, -0.2) is 0 Å². The first kappa shape index (κ1) is 15.4. The fraction of sp³-hybridized carbons (Fsp3) is 0.923. The molecule has 0 spiro atoms. The highest BCUT2D eigenvalue weighted by atomic mass is 16.5. The number of ether oxygens (including phenoxy) is 1. The highest BCUT2D eigenvalue weighted by molar-refractivity contribution is 5.77. The molecule has 1 fully saturated rings. The van der Waals surface area contributed by atoms with E-state index in [1.807, 2.05) is 6.92 Å². The van der Waals surface area contributed by atoms with E-state index in [1.54, 1.807) is 0 Å². The smallest absolute Gasteiger partial charge is 0.221 e. The molecule has 1 saturated carbocycles. The van der Waals surface area contributed by atoms with Crippen molar-refractivity contribution in [3.63, 3.8) is 0 Å². The molecule has 0 aliphatic heterocycles. The van der Waals surface area contributed by atoms with E-state index in [4.69, 9.17) is 10.5 Å². The lowest BCUT2D eigenvalue weighted by Gasteiger charge is -2.29. The number of carbonyl (C=O) groups excluding carboxylic acids is 1. The molecule has 0 aromatic rings. The van der Waals surface area contributed by atoms with Gasteiger partial charge >= 0.3 is 0 Å². The zero-order chi connectivity index (χ0) is 13.4. The van der Waals surface area contributed by atoms with Crippen molar-refractivity contribution in [1.82, 2.24) is 10.2 Å². The Morgan fingerprint density at radius 3 is 2.72 bits per heavy atom. The molecule has 1 aliphatic carbocycles. The highest BCUT2D eigenvalue weighted by Crippen LogP contribution is 2.19. The number of rotatable bonds is 10. The Bertz CT molecular complexity index is 244. The van der Waals surface area contributed by atoms with E-state index in [0.717, 1.165) is 32.5 Å². The minimum atomic E-state index is 0.120. The molecule has 0 aromatic carbocycles. The van der Waals surface area contributed by atoms with Crippen LogP contribution in [0.4, 0.5) is 0 Å². The Hall–Kier alpha value is -0.650. The van der Waals surface area contributed by atoms with Gasteiger partial charge in [-0.3, -0.25) is 9.69 Å². The molecule has 1 aliphatic rings. The van der Waals surface area contributed by atoms with E-state index in [1.165, 1.54) is 0 Å². The number of nitrogens with zero attached hydrogens (tertiary/aromatic N) is 1. The molecule has 5 heteroatoms. The van der Waals surface area contributed by atoms with Crippen molar-refractivity contribution in [3.8, 4) is 0 Å². The fourth-order valence-corrected chi connectivity index (χ4v) is 2.01. The number of hydrogen-bond acceptors (Lipinski definition) is 4. The first-order chi connectivity index (χ1) is 8.71. The number of likely N-dealkylation sites (N-methyl/N-ethyl adjacent to an activating group) is 1. The Morgan fingerprint density at radius 1 is 1.50 bits per heavy atom. The zero-order valence-electron chi connectivity index (χ0n) is 11.7. The Kier molecular flexibility index (Phi) is 7.23. The van der Waals surface area contributed by atoms with Gasteiger partial charge in [0.1, 0.15) is 0 Å². The van der Waals surface area contributed by atoms with E-state index in [0.29, 0.717) is 25.6 Å². The molecule has 106 valence electrons. The molecular formula is C13H27N3O2. The average Bonchev–Trinajstić information content (AvgIpc) is 3.16. The van der Waals surface area contributed by atoms with Crippen molar-refractivity contribution in [2.75, 3.05) is 32.8 Å². The summed E-state index contributed by atoms with van der Waals surface area (Å²) in [5.41, 5.74) is 5.79. The summed E-state index contributed by atoms with van der Waals surface area (Å²) < 4.78 is 5.36. The van der Waals surface area contributed by atoms with Crippen molar-refractivity contribution < 1.29 is 9.53 Å². The number of carbonyl (C=O) groups is 1. The van der Waals surface area contributed by atoms with Crippen LogP contribution in [0.2, 0.25) is 0 Å². The maximum absolute atomic E-state index is 11.8. The number of hydrogen-bond donors (Lipinski definition) is 2. The minimum absolute atomic E-state index is 0.120. The van der Waals surface area contributed by atoms with Gasteiger partial charge in [-0.1, -0.05) is 6.92 Å². The minimum Gasteiger partial charge on any atom is -0.380 e. The Balaban J connectivity index is 2.32. The summed E-state index contributed by atoms with van der Waals surface area (Å²) in [5, 5.41) is 3.01. The molecule has 0 radical (unpaired) electrons. The fourth-order valence-electron chi connectivity index (χ4n) is 2.01. The van der Waals surface area contributed by atoms with Crippen LogP contribution in [0.25, 0.3) is 0 Å². The third kappa shape index (κ3) is 5.80. The normalized spacial score (nSPS) is 16.9. The molecule has 1 unspecified atom stereocenters. The third-order valence-corrected chi connectivity index (χ3v) is 3.29. The maximum atomic E-state index is 11.8. The van der Waals surface area contributed by atoms with Crippen molar-refractivity contribution in [2.24, 2.45) is 5.73 Å². The molecule has 1 rings (SSSR count). The molecule has 0 heterocycles. The Labute approximate surface area is 110 Å². The summed E-state index contributed by atoms with van der Waals surface area (Å²) in [5.74, 6) is 0.128. The van der Waals surface area contributed by atoms with Crippen LogP contribution in [-0.4, -0.2) is 55.7 Å². The zero-order valence-corrected chi connectivity index (χ0v) is 11.7. The summed E-state index contributed by atoms with van der Waals surface area (Å²) in [6.45, 7) is 7.75. The van der Waals surface area contributed by atoms with Gasteiger partial charge < -0.3 is 15.8 Å². The van der Waals surface area contributed by atoms with Crippen molar-refractivity contribution in [3.05, 3.63) is 0 Å². The predicted octanol–water partition coefficient (Wildman–Crippen LogP) is 0.341. The second kappa shape index (κ2) is 8.45. The monoisotopic (exact) mass is 257 g/mol. The molecule has 1 amide bonds. The van der Waals surface area contributed by atoms with Gasteiger partial charge in [0.2, 0.25) is 5.91 Å². The van der Waals surface area contributed by atoms with E-state index < -0.39 is 0 Å². The van der Waals surface area contributed by atoms with Crippen molar-refractivity contribution in [1.29, 1.82) is 0 Å². The van der Waals surface area contributed by atoms with Crippen LogP contribution in [0.3, 0.4) is 0 Å². The molecular weight excluding hydrogens is 230 g/mol. The summed E-state index contributed by atoms with van der Waals surface area (Å²) in [7, 11) is 0. The van der Waals surface area contributed by atoms with Gasteiger partial charge in [0.05, 0.1) is 6.61 Å². The second-order valence-corrected chi connectivity index (χ2v) is 4.76. The van der Waals surface area contributed by atoms with Gasteiger partial charge in [-0.05, 0) is 26.3 Å². The number of nitrogens with two attached hydrogens (primary N) is 1. The van der Waals surface area contributed by atoms with Crippen LogP contribution in [0.15, 0.2) is 0 Å². The molecule has 0 saturated heterocycles. The molecule has 0 bridgehead atoms. The quantitative estimate of drug-likeness (QED) is 0.554. The Morgan fingerprint density at radius 2 is 2.22 bits per heavy atom. The lowest BCUT2D eigenvalue weighted by atomic mass is 10.1. The third-order valence-electron chi connectivity index (χ3n) is 3.29. The van der Waals surface area contributed by atoms with E-state index in [-0.39, 0.29) is 11.9 Å². The van der Waals surface area contributed by atoms with Gasteiger partial charge in [0, 0.05) is 38.2 Å². The number of nitrogens with one attached hydrogen (secondary N) is 1. The highest BCUT2D eigenvalue weighted by Gasteiger charge is 2.25. The van der Waals surface area contributed by atoms with Gasteiger partial charge in [-0.2, -0.15) is 0 Å². The van der Waals surface area contributed by atoms with Crippen LogP contribution < -0.4 is 11.1 Å². The van der Waals surface area contributed by atoms with Gasteiger partial charge in [0.25, 0.3) is 0 Å². The van der Waals surface area contributed by atoms with Gasteiger partial charge in [0.15, 0.2) is 0 Å². The van der Waals surface area contributed by atoms with Crippen LogP contribution in [0.5, 0.6) is 0 Å². The molecule has 18 heavy (non-hydrogen) atoms. The van der Waals surface area contributed by atoms with Crippen LogP contribution in [0.1, 0.15) is 33.1 Å². The summed E-state index contributed by atoms with van der Waals surface area (Å²) >= 11 is 0. The van der Waals surface area contributed by atoms with Crippen LogP contribution in [-0.2, 0) is 9.53 Å². The summed E-state index contributed by atoms with van der Waals surface area (Å²) in [4.78, 5) is 14.0. The SMILES string of the molecule is CCOCCN(CC)C(CN)CC(=O)NC1CC1. The maximum Gasteiger partial charge on any atom is 0.221 e. The standard InChI is InChI=1S/C13H27N3O2/c1-3-16(7-8-18-4-2)12(10-14)9-13(17)15-11-5-6-11/h11-12H,3-10,14H2,1-2H3,(H,15,17). The molecule has 5 nitrogen and oxygen atoms in total. The summed E-state index contributed by atoms with van der Waals surface area (Å²) in [6, 6.07) is 0.545. The average molecular weight is 257 g/mol. The molecule has 0 aromatic heterocycles. The largest absolute Gasteiger partial charge is 0.380 e. The van der Waals surface area contributed by atoms with Crippen molar-refractivity contribution in [2.45, 2.75) is 45.2 Å². The van der Waals surface area contributed by atoms with E-state index in [9.17, 15) is 4.79 Å². The van der Waals surface area contributed by atoms with Crippen LogP contribution >= 0.6 is 0 Å². The lowest BCUT2D eigenvalue weighted by molar-refractivity contribution is -0.122. The number of amides is 1. The van der Waals surface area contributed by atoms with E-state index in [2.05, 4.69) is 17.1 Å². The summed E-state index contributed by atoms with van der Waals surface area (Å²) in [6.07, 6.45) is 2.74. The lowest BCUT2D eigenvalue weighted by Crippen LogP contribution is -2.45. The predicted molar refractivity (Wildman–Crippen MR) is 72.4 cm³/mol. The van der Waals surface area contributed by atoms with Crippen LogP contribution in [0, 0.1) is 0 Å².